The summed E-state index contributed by atoms with van der Waals surface area (Å²) in [6.45, 7) is 5.61. The maximum absolute atomic E-state index is 12.2. The molecule has 2 rings (SSSR count). The third kappa shape index (κ3) is 7.24. The van der Waals surface area contributed by atoms with Crippen molar-refractivity contribution >= 4 is 29.1 Å². The highest BCUT2D eigenvalue weighted by molar-refractivity contribution is 7.80. The zero-order chi connectivity index (χ0) is 20.5. The van der Waals surface area contributed by atoms with Gasteiger partial charge < -0.3 is 9.47 Å². The first-order valence-electron chi connectivity index (χ1n) is 8.70. The summed E-state index contributed by atoms with van der Waals surface area (Å²) in [5, 5.41) is 2.45. The molecule has 0 saturated carbocycles. The van der Waals surface area contributed by atoms with Crippen LogP contribution < -0.4 is 25.6 Å². The smallest absolute Gasteiger partial charge is 0.276 e. The van der Waals surface area contributed by atoms with Crippen LogP contribution in [0.15, 0.2) is 48.5 Å². The molecule has 8 heteroatoms. The Morgan fingerprint density at radius 2 is 1.57 bits per heavy atom. The molecule has 0 aliphatic rings. The topological polar surface area (TPSA) is 88.7 Å². The molecule has 0 atom stereocenters. The Balaban J connectivity index is 1.72. The minimum absolute atomic E-state index is 0.0313. The lowest BCUT2D eigenvalue weighted by Gasteiger charge is -2.12. The van der Waals surface area contributed by atoms with Crippen molar-refractivity contribution in [2.45, 2.75) is 26.9 Å². The van der Waals surface area contributed by atoms with Gasteiger partial charge in [-0.25, -0.2) is 0 Å². The van der Waals surface area contributed by atoms with Gasteiger partial charge in [-0.1, -0.05) is 17.7 Å². The second-order valence-corrected chi connectivity index (χ2v) is 6.66. The van der Waals surface area contributed by atoms with E-state index in [-0.39, 0.29) is 17.8 Å². The SMILES string of the molecule is Cc1ccc(OCC(=O)NNC(=S)NC(=O)c2ccc(OC(C)C)cc2)cc1. The number of ether oxygens (including phenoxy) is 2. The van der Waals surface area contributed by atoms with Crippen LogP contribution in [0.2, 0.25) is 0 Å². The lowest BCUT2D eigenvalue weighted by atomic mass is 10.2. The van der Waals surface area contributed by atoms with E-state index in [0.717, 1.165) is 5.56 Å². The summed E-state index contributed by atoms with van der Waals surface area (Å²) < 4.78 is 10.9. The molecule has 0 saturated heterocycles. The van der Waals surface area contributed by atoms with E-state index in [2.05, 4.69) is 16.2 Å². The Labute approximate surface area is 169 Å². The van der Waals surface area contributed by atoms with Crippen molar-refractivity contribution in [3.05, 3.63) is 59.7 Å². The van der Waals surface area contributed by atoms with Crippen molar-refractivity contribution in [2.75, 3.05) is 6.61 Å². The third-order valence-corrected chi connectivity index (χ3v) is 3.63. The summed E-state index contributed by atoms with van der Waals surface area (Å²) in [4.78, 5) is 23.9. The average Bonchev–Trinajstić information content (AvgIpc) is 2.66. The van der Waals surface area contributed by atoms with Gasteiger partial charge >= 0.3 is 0 Å². The minimum Gasteiger partial charge on any atom is -0.491 e. The molecule has 0 unspecified atom stereocenters. The van der Waals surface area contributed by atoms with Crippen molar-refractivity contribution < 1.29 is 19.1 Å². The maximum atomic E-state index is 12.2. The number of hydrogen-bond acceptors (Lipinski definition) is 5. The van der Waals surface area contributed by atoms with Gasteiger partial charge in [0.2, 0.25) is 0 Å². The van der Waals surface area contributed by atoms with E-state index in [4.69, 9.17) is 21.7 Å². The van der Waals surface area contributed by atoms with Gasteiger partial charge in [0.1, 0.15) is 11.5 Å². The van der Waals surface area contributed by atoms with Crippen LogP contribution >= 0.6 is 12.2 Å². The van der Waals surface area contributed by atoms with E-state index in [1.165, 1.54) is 0 Å². The molecule has 7 nitrogen and oxygen atoms in total. The van der Waals surface area contributed by atoms with Gasteiger partial charge in [-0.2, -0.15) is 0 Å². The van der Waals surface area contributed by atoms with Crippen LogP contribution in [0.1, 0.15) is 29.8 Å². The molecule has 0 spiro atoms. The molecule has 0 bridgehead atoms. The number of carbonyl (C=O) groups excluding carboxylic acids is 2. The second-order valence-electron chi connectivity index (χ2n) is 6.25. The van der Waals surface area contributed by atoms with E-state index in [1.54, 1.807) is 36.4 Å². The molecule has 28 heavy (non-hydrogen) atoms. The molecule has 2 aromatic rings. The second kappa shape index (κ2) is 10.3. The normalized spacial score (nSPS) is 10.1. The van der Waals surface area contributed by atoms with Gasteiger partial charge in [0.15, 0.2) is 11.7 Å². The summed E-state index contributed by atoms with van der Waals surface area (Å²) in [5.41, 5.74) is 6.33. The summed E-state index contributed by atoms with van der Waals surface area (Å²) in [6.07, 6.45) is 0.0510. The maximum Gasteiger partial charge on any atom is 0.276 e. The fourth-order valence-corrected chi connectivity index (χ4v) is 2.25. The highest BCUT2D eigenvalue weighted by Crippen LogP contribution is 2.13. The van der Waals surface area contributed by atoms with Crippen LogP contribution in [-0.2, 0) is 4.79 Å². The highest BCUT2D eigenvalue weighted by Gasteiger charge is 2.09. The standard InChI is InChI=1S/C20H23N3O4S/c1-13(2)27-17-10-6-15(7-11-17)19(25)21-20(28)23-22-18(24)12-26-16-8-4-14(3)5-9-16/h4-11,13H,12H2,1-3H3,(H,22,24)(H2,21,23,25,28). The van der Waals surface area contributed by atoms with Crippen molar-refractivity contribution in [1.29, 1.82) is 0 Å². The van der Waals surface area contributed by atoms with Crippen LogP contribution in [0.5, 0.6) is 11.5 Å². The number of thiocarbonyl (C=S) groups is 1. The Bertz CT molecular complexity index is 820. The van der Waals surface area contributed by atoms with E-state index < -0.39 is 11.8 Å². The zero-order valence-corrected chi connectivity index (χ0v) is 16.8. The number of hydrazine groups is 1. The van der Waals surface area contributed by atoms with Gasteiger partial charge in [-0.05, 0) is 69.4 Å². The lowest BCUT2D eigenvalue weighted by molar-refractivity contribution is -0.123. The van der Waals surface area contributed by atoms with Gasteiger partial charge in [-0.3, -0.25) is 25.8 Å². The predicted octanol–water partition coefficient (Wildman–Crippen LogP) is 2.50. The minimum atomic E-state index is -0.438. The fourth-order valence-electron chi connectivity index (χ4n) is 2.11. The number of nitrogens with one attached hydrogen (secondary N) is 3. The van der Waals surface area contributed by atoms with Gasteiger partial charge in [-0.15, -0.1) is 0 Å². The molecular weight excluding hydrogens is 378 g/mol. The van der Waals surface area contributed by atoms with Crippen molar-refractivity contribution in [3.8, 4) is 11.5 Å². The van der Waals surface area contributed by atoms with Gasteiger partial charge in [0, 0.05) is 5.56 Å². The van der Waals surface area contributed by atoms with E-state index in [9.17, 15) is 9.59 Å². The van der Waals surface area contributed by atoms with E-state index in [0.29, 0.717) is 17.1 Å². The largest absolute Gasteiger partial charge is 0.491 e. The Morgan fingerprint density at radius 1 is 0.964 bits per heavy atom. The summed E-state index contributed by atoms with van der Waals surface area (Å²) in [5.74, 6) is 0.417. The number of aryl methyl sites for hydroxylation is 1. The number of amides is 2. The lowest BCUT2D eigenvalue weighted by Crippen LogP contribution is -2.49. The van der Waals surface area contributed by atoms with Crippen molar-refractivity contribution in [2.24, 2.45) is 0 Å². The Kier molecular flexibility index (Phi) is 7.76. The number of benzene rings is 2. The summed E-state index contributed by atoms with van der Waals surface area (Å²) in [6, 6.07) is 14.0. The molecule has 148 valence electrons. The van der Waals surface area contributed by atoms with Crippen molar-refractivity contribution in [1.82, 2.24) is 16.2 Å². The summed E-state index contributed by atoms with van der Waals surface area (Å²) >= 11 is 5.00. The quantitative estimate of drug-likeness (QED) is 0.509. The van der Waals surface area contributed by atoms with E-state index >= 15 is 0 Å². The first-order chi connectivity index (χ1) is 13.3. The van der Waals surface area contributed by atoms with Crippen molar-refractivity contribution in [3.63, 3.8) is 0 Å². The van der Waals surface area contributed by atoms with Crippen LogP contribution in [0.4, 0.5) is 0 Å². The first kappa shape index (κ1) is 21.2. The monoisotopic (exact) mass is 401 g/mol. The Morgan fingerprint density at radius 3 is 2.18 bits per heavy atom. The molecule has 0 heterocycles. The van der Waals surface area contributed by atoms with Crippen LogP contribution in [0, 0.1) is 6.92 Å². The number of carbonyl (C=O) groups is 2. The molecule has 0 aliphatic carbocycles. The summed E-state index contributed by atoms with van der Waals surface area (Å²) in [7, 11) is 0. The van der Waals surface area contributed by atoms with E-state index in [1.807, 2.05) is 32.9 Å². The molecular formula is C20H23N3O4S. The molecule has 0 radical (unpaired) electrons. The molecule has 0 aromatic heterocycles. The Hall–Kier alpha value is -3.13. The van der Waals surface area contributed by atoms with Gasteiger partial charge in [0.05, 0.1) is 6.10 Å². The first-order valence-corrected chi connectivity index (χ1v) is 9.10. The van der Waals surface area contributed by atoms with Crippen LogP contribution in [0.3, 0.4) is 0 Å². The molecule has 2 amide bonds. The molecule has 0 aliphatic heterocycles. The number of rotatable bonds is 6. The third-order valence-electron chi connectivity index (χ3n) is 3.42. The van der Waals surface area contributed by atoms with Gasteiger partial charge in [0.25, 0.3) is 11.8 Å². The fraction of sp³-hybridized carbons (Fsp3) is 0.250. The molecule has 3 N–H and O–H groups in total. The molecule has 2 aromatic carbocycles. The van der Waals surface area contributed by atoms with Crippen LogP contribution in [-0.4, -0.2) is 29.6 Å². The highest BCUT2D eigenvalue weighted by atomic mass is 32.1. The average molecular weight is 401 g/mol. The van der Waals surface area contributed by atoms with Crippen LogP contribution in [0.25, 0.3) is 0 Å². The molecule has 0 fully saturated rings. The number of hydrogen-bond donors (Lipinski definition) is 3. The zero-order valence-electron chi connectivity index (χ0n) is 15.9. The predicted molar refractivity (Wildman–Crippen MR) is 110 cm³/mol.